The average molecular weight is 277 g/mol. The highest BCUT2D eigenvalue weighted by Crippen LogP contribution is 2.29. The molecule has 4 nitrogen and oxygen atoms in total. The Morgan fingerprint density at radius 3 is 2.74 bits per heavy atom. The second-order valence-electron chi connectivity index (χ2n) is 4.80. The van der Waals surface area contributed by atoms with Crippen molar-refractivity contribution in [2.45, 2.75) is 32.2 Å². The van der Waals surface area contributed by atoms with Crippen molar-refractivity contribution in [1.29, 1.82) is 0 Å². The first kappa shape index (κ1) is 14.0. The number of methoxy groups -OCH3 is 1. The maximum atomic E-state index is 6.31. The van der Waals surface area contributed by atoms with Gasteiger partial charge in [-0.25, -0.2) is 0 Å². The number of benzene rings is 1. The van der Waals surface area contributed by atoms with E-state index in [1.165, 1.54) is 11.5 Å². The normalized spacial score (nSPS) is 12.7. The molecule has 1 aromatic carbocycles. The maximum Gasteiger partial charge on any atom is 0.122 e. The molecule has 0 aliphatic rings. The average Bonchev–Trinajstić information content (AvgIpc) is 2.88. The van der Waals surface area contributed by atoms with Gasteiger partial charge in [0.05, 0.1) is 17.7 Å². The van der Waals surface area contributed by atoms with Crippen molar-refractivity contribution < 1.29 is 4.74 Å². The van der Waals surface area contributed by atoms with E-state index in [1.807, 2.05) is 24.3 Å². The molecular weight excluding hydrogens is 258 g/mol. The Morgan fingerprint density at radius 2 is 2.05 bits per heavy atom. The van der Waals surface area contributed by atoms with Gasteiger partial charge in [0.25, 0.3) is 0 Å². The number of nitrogens with two attached hydrogens (primary N) is 1. The molecule has 1 unspecified atom stereocenters. The van der Waals surface area contributed by atoms with E-state index in [4.69, 9.17) is 10.5 Å². The van der Waals surface area contributed by atoms with Crippen LogP contribution in [0.4, 0.5) is 0 Å². The zero-order valence-corrected chi connectivity index (χ0v) is 12.3. The Labute approximate surface area is 117 Å². The van der Waals surface area contributed by atoms with Gasteiger partial charge in [-0.05, 0) is 35.5 Å². The van der Waals surface area contributed by atoms with Gasteiger partial charge in [0, 0.05) is 6.04 Å². The van der Waals surface area contributed by atoms with E-state index < -0.39 is 0 Å². The van der Waals surface area contributed by atoms with Gasteiger partial charge >= 0.3 is 0 Å². The Balaban J connectivity index is 2.21. The molecule has 0 saturated carbocycles. The Hall–Kier alpha value is -1.46. The summed E-state index contributed by atoms with van der Waals surface area (Å²) in [4.78, 5) is 1.07. The monoisotopic (exact) mass is 277 g/mol. The van der Waals surface area contributed by atoms with E-state index in [0.29, 0.717) is 5.92 Å². The summed E-state index contributed by atoms with van der Waals surface area (Å²) in [5.41, 5.74) is 8.43. The van der Waals surface area contributed by atoms with Crippen LogP contribution in [0.1, 0.15) is 41.9 Å². The highest BCUT2D eigenvalue weighted by atomic mass is 32.1. The van der Waals surface area contributed by atoms with Crippen LogP contribution in [0.2, 0.25) is 0 Å². The second-order valence-corrected chi connectivity index (χ2v) is 5.59. The number of ether oxygens (including phenoxy) is 1. The van der Waals surface area contributed by atoms with Crippen molar-refractivity contribution in [3.8, 4) is 5.75 Å². The Kier molecular flexibility index (Phi) is 4.50. The predicted molar refractivity (Wildman–Crippen MR) is 77.6 cm³/mol. The number of para-hydroxylation sites is 1. The van der Waals surface area contributed by atoms with Gasteiger partial charge in [0.2, 0.25) is 0 Å². The standard InChI is InChI=1S/C14H19N3OS/c1-9(2)13-14(19-17-16-13)11(15)8-10-6-4-5-7-12(10)18-3/h4-7,9,11H,8,15H2,1-3H3. The minimum atomic E-state index is -0.0892. The highest BCUT2D eigenvalue weighted by Gasteiger charge is 2.19. The third-order valence-electron chi connectivity index (χ3n) is 3.06. The molecule has 1 atom stereocenters. The summed E-state index contributed by atoms with van der Waals surface area (Å²) in [5, 5.41) is 4.18. The fourth-order valence-corrected chi connectivity index (χ4v) is 2.87. The summed E-state index contributed by atoms with van der Waals surface area (Å²) >= 11 is 1.39. The van der Waals surface area contributed by atoms with Crippen LogP contribution in [0.3, 0.4) is 0 Å². The molecule has 0 aliphatic heterocycles. The van der Waals surface area contributed by atoms with Gasteiger partial charge in [-0.3, -0.25) is 0 Å². The maximum absolute atomic E-state index is 6.31. The largest absolute Gasteiger partial charge is 0.496 e. The van der Waals surface area contributed by atoms with Gasteiger partial charge in [-0.1, -0.05) is 36.5 Å². The van der Waals surface area contributed by atoms with Gasteiger partial charge < -0.3 is 10.5 Å². The van der Waals surface area contributed by atoms with E-state index >= 15 is 0 Å². The first-order valence-electron chi connectivity index (χ1n) is 6.33. The molecule has 2 aromatic rings. The fourth-order valence-electron chi connectivity index (χ4n) is 2.06. The molecule has 0 saturated heterocycles. The summed E-state index contributed by atoms with van der Waals surface area (Å²) in [5.74, 6) is 1.22. The van der Waals surface area contributed by atoms with Crippen molar-refractivity contribution >= 4 is 11.5 Å². The molecule has 1 aromatic heterocycles. The van der Waals surface area contributed by atoms with Crippen LogP contribution >= 0.6 is 11.5 Å². The summed E-state index contributed by atoms with van der Waals surface area (Å²) in [6.07, 6.45) is 0.730. The summed E-state index contributed by atoms with van der Waals surface area (Å²) in [6, 6.07) is 7.87. The topological polar surface area (TPSA) is 61.0 Å². The van der Waals surface area contributed by atoms with E-state index in [2.05, 4.69) is 23.4 Å². The van der Waals surface area contributed by atoms with Crippen LogP contribution < -0.4 is 10.5 Å². The summed E-state index contributed by atoms with van der Waals surface area (Å²) in [7, 11) is 1.68. The number of aromatic nitrogens is 2. The number of nitrogens with zero attached hydrogens (tertiary/aromatic N) is 2. The van der Waals surface area contributed by atoms with Crippen molar-refractivity contribution in [1.82, 2.24) is 9.59 Å². The van der Waals surface area contributed by atoms with Crippen molar-refractivity contribution in [3.05, 3.63) is 40.4 Å². The van der Waals surface area contributed by atoms with E-state index in [0.717, 1.165) is 28.3 Å². The number of rotatable bonds is 5. The first-order valence-corrected chi connectivity index (χ1v) is 7.10. The van der Waals surface area contributed by atoms with E-state index in [9.17, 15) is 0 Å². The number of hydrogen-bond donors (Lipinski definition) is 1. The molecule has 0 fully saturated rings. The molecule has 0 amide bonds. The lowest BCUT2D eigenvalue weighted by atomic mass is 10.0. The van der Waals surface area contributed by atoms with Gasteiger partial charge in [0.1, 0.15) is 5.75 Å². The molecule has 19 heavy (non-hydrogen) atoms. The van der Waals surface area contributed by atoms with Crippen molar-refractivity contribution in [2.24, 2.45) is 5.73 Å². The molecule has 5 heteroatoms. The van der Waals surface area contributed by atoms with Crippen molar-refractivity contribution in [2.75, 3.05) is 7.11 Å². The van der Waals surface area contributed by atoms with Crippen LogP contribution in [0.15, 0.2) is 24.3 Å². The van der Waals surface area contributed by atoms with Gasteiger partial charge in [-0.15, -0.1) is 5.10 Å². The van der Waals surface area contributed by atoms with Crippen LogP contribution in [0.5, 0.6) is 5.75 Å². The smallest absolute Gasteiger partial charge is 0.122 e. The molecule has 0 aliphatic carbocycles. The SMILES string of the molecule is COc1ccccc1CC(N)c1snnc1C(C)C. The molecule has 1 heterocycles. The minimum Gasteiger partial charge on any atom is -0.496 e. The third-order valence-corrected chi connectivity index (χ3v) is 3.93. The summed E-state index contributed by atoms with van der Waals surface area (Å²) in [6.45, 7) is 4.21. The lowest BCUT2D eigenvalue weighted by Gasteiger charge is -2.14. The van der Waals surface area contributed by atoms with Gasteiger partial charge in [0.15, 0.2) is 0 Å². The molecule has 0 radical (unpaired) electrons. The van der Waals surface area contributed by atoms with Crippen LogP contribution in [0, 0.1) is 0 Å². The van der Waals surface area contributed by atoms with Gasteiger partial charge in [-0.2, -0.15) is 0 Å². The zero-order chi connectivity index (χ0) is 13.8. The predicted octanol–water partition coefficient (Wildman–Crippen LogP) is 2.91. The number of hydrogen-bond acceptors (Lipinski definition) is 5. The lowest BCUT2D eigenvalue weighted by molar-refractivity contribution is 0.408. The highest BCUT2D eigenvalue weighted by molar-refractivity contribution is 7.05. The Morgan fingerprint density at radius 1 is 1.32 bits per heavy atom. The third kappa shape index (κ3) is 3.11. The van der Waals surface area contributed by atoms with E-state index in [1.54, 1.807) is 7.11 Å². The molecular formula is C14H19N3OS. The molecule has 0 spiro atoms. The van der Waals surface area contributed by atoms with Crippen LogP contribution in [-0.2, 0) is 6.42 Å². The second kappa shape index (κ2) is 6.12. The fraction of sp³-hybridized carbons (Fsp3) is 0.429. The zero-order valence-electron chi connectivity index (χ0n) is 11.5. The first-order chi connectivity index (χ1) is 9.13. The molecule has 102 valence electrons. The Bertz CT molecular complexity index is 539. The molecule has 0 bridgehead atoms. The molecule has 2 rings (SSSR count). The lowest BCUT2D eigenvalue weighted by Crippen LogP contribution is -2.14. The van der Waals surface area contributed by atoms with Crippen LogP contribution in [-0.4, -0.2) is 16.7 Å². The van der Waals surface area contributed by atoms with Crippen molar-refractivity contribution in [3.63, 3.8) is 0 Å². The van der Waals surface area contributed by atoms with Crippen LogP contribution in [0.25, 0.3) is 0 Å². The summed E-state index contributed by atoms with van der Waals surface area (Å²) < 4.78 is 9.39. The molecule has 2 N–H and O–H groups in total. The van der Waals surface area contributed by atoms with E-state index in [-0.39, 0.29) is 6.04 Å². The quantitative estimate of drug-likeness (QED) is 0.913. The minimum absolute atomic E-state index is 0.0892.